The fourth-order valence-corrected chi connectivity index (χ4v) is 2.50. The molecule has 0 unspecified atom stereocenters. The van der Waals surface area contributed by atoms with Crippen LogP contribution in [0.15, 0.2) is 72.8 Å². The van der Waals surface area contributed by atoms with E-state index in [2.05, 4.69) is 0 Å². The molecule has 3 aromatic rings. The summed E-state index contributed by atoms with van der Waals surface area (Å²) in [5.41, 5.74) is 0. The summed E-state index contributed by atoms with van der Waals surface area (Å²) in [4.78, 5) is 23.6. The molecule has 0 atom stereocenters. The van der Waals surface area contributed by atoms with Gasteiger partial charge in [-0.1, -0.05) is 23.2 Å². The van der Waals surface area contributed by atoms with E-state index in [0.717, 1.165) is 0 Å². The predicted octanol–water partition coefficient (Wildman–Crippen LogP) is 4.96. The van der Waals surface area contributed by atoms with E-state index in [1.165, 1.54) is 0 Å². The molecule has 0 fully saturated rings. The van der Waals surface area contributed by atoms with Gasteiger partial charge in [-0.25, -0.2) is 9.59 Å². The van der Waals surface area contributed by atoms with Crippen molar-refractivity contribution in [2.24, 2.45) is 0 Å². The Morgan fingerprint density at radius 2 is 0.833 bits per heavy atom. The van der Waals surface area contributed by atoms with Gasteiger partial charge in [-0.15, -0.1) is 0 Å². The molecule has 0 aliphatic heterocycles. The van der Waals surface area contributed by atoms with Crippen LogP contribution in [0.1, 0.15) is 0 Å². The van der Waals surface area contributed by atoms with Crippen LogP contribution in [0, 0.1) is 0 Å². The van der Waals surface area contributed by atoms with Gasteiger partial charge < -0.3 is 18.9 Å². The zero-order chi connectivity index (χ0) is 21.3. The normalized spacial score (nSPS) is 10.2. The lowest BCUT2D eigenvalue weighted by Crippen LogP contribution is -2.18. The number of hydrogen-bond acceptors (Lipinski definition) is 6. The van der Waals surface area contributed by atoms with Crippen LogP contribution in [-0.2, 0) is 9.59 Å². The topological polar surface area (TPSA) is 71.1 Å². The third-order valence-corrected chi connectivity index (χ3v) is 4.13. The molecule has 154 valence electrons. The number of benzene rings is 3. The van der Waals surface area contributed by atoms with Crippen molar-refractivity contribution in [1.82, 2.24) is 0 Å². The van der Waals surface area contributed by atoms with Gasteiger partial charge in [0, 0.05) is 10.0 Å². The lowest BCUT2D eigenvalue weighted by Gasteiger charge is -2.09. The Balaban J connectivity index is 1.40. The van der Waals surface area contributed by atoms with Gasteiger partial charge in [0.25, 0.3) is 0 Å². The molecular formula is C22H16Cl2O6. The second-order valence-electron chi connectivity index (χ2n) is 5.90. The second-order valence-corrected chi connectivity index (χ2v) is 6.78. The highest BCUT2D eigenvalue weighted by Crippen LogP contribution is 2.19. The second kappa shape index (κ2) is 10.5. The van der Waals surface area contributed by atoms with Gasteiger partial charge in [-0.2, -0.15) is 0 Å². The molecule has 0 bridgehead atoms. The smallest absolute Gasteiger partial charge is 0.349 e. The van der Waals surface area contributed by atoms with Gasteiger partial charge >= 0.3 is 11.9 Å². The Kier molecular flexibility index (Phi) is 7.54. The van der Waals surface area contributed by atoms with Gasteiger partial charge in [-0.05, 0) is 72.8 Å². The number of rotatable bonds is 8. The summed E-state index contributed by atoms with van der Waals surface area (Å²) >= 11 is 11.6. The van der Waals surface area contributed by atoms with Crippen molar-refractivity contribution in [2.75, 3.05) is 13.2 Å². The highest BCUT2D eigenvalue weighted by molar-refractivity contribution is 6.30. The fraction of sp³-hybridized carbons (Fsp3) is 0.0909. The predicted molar refractivity (Wildman–Crippen MR) is 112 cm³/mol. The van der Waals surface area contributed by atoms with Crippen molar-refractivity contribution in [1.29, 1.82) is 0 Å². The van der Waals surface area contributed by atoms with Crippen LogP contribution < -0.4 is 18.9 Å². The fourth-order valence-electron chi connectivity index (χ4n) is 2.24. The summed E-state index contributed by atoms with van der Waals surface area (Å²) in [6.07, 6.45) is 0. The SMILES string of the molecule is O=C(COc1ccc(OCC(=O)Oc2ccc(Cl)cc2)cc1)Oc1ccc(Cl)cc1. The van der Waals surface area contributed by atoms with Crippen molar-refractivity contribution in [3.63, 3.8) is 0 Å². The van der Waals surface area contributed by atoms with E-state index in [0.29, 0.717) is 33.0 Å². The van der Waals surface area contributed by atoms with Crippen molar-refractivity contribution in [3.05, 3.63) is 82.8 Å². The summed E-state index contributed by atoms with van der Waals surface area (Å²) in [6.45, 7) is -0.535. The van der Waals surface area contributed by atoms with Crippen LogP contribution in [0.2, 0.25) is 10.0 Å². The number of carbonyl (C=O) groups is 2. The molecule has 6 nitrogen and oxygen atoms in total. The van der Waals surface area contributed by atoms with Gasteiger partial charge in [0.2, 0.25) is 0 Å². The van der Waals surface area contributed by atoms with E-state index in [-0.39, 0.29) is 13.2 Å². The van der Waals surface area contributed by atoms with Gasteiger partial charge in [-0.3, -0.25) is 0 Å². The summed E-state index contributed by atoms with van der Waals surface area (Å²) in [5.74, 6) is 0.535. The third-order valence-electron chi connectivity index (χ3n) is 3.63. The highest BCUT2D eigenvalue weighted by atomic mass is 35.5. The van der Waals surface area contributed by atoms with Gasteiger partial charge in [0.05, 0.1) is 0 Å². The molecule has 0 aromatic heterocycles. The van der Waals surface area contributed by atoms with Crippen molar-refractivity contribution >= 4 is 35.1 Å². The minimum absolute atomic E-state index is 0.268. The highest BCUT2D eigenvalue weighted by Gasteiger charge is 2.08. The van der Waals surface area contributed by atoms with Crippen LogP contribution in [0.3, 0.4) is 0 Å². The molecule has 0 spiro atoms. The largest absolute Gasteiger partial charge is 0.482 e. The van der Waals surface area contributed by atoms with E-state index >= 15 is 0 Å². The molecule has 0 heterocycles. The van der Waals surface area contributed by atoms with Crippen molar-refractivity contribution in [2.45, 2.75) is 0 Å². The lowest BCUT2D eigenvalue weighted by molar-refractivity contribution is -0.137. The first-order valence-corrected chi connectivity index (χ1v) is 9.52. The molecule has 30 heavy (non-hydrogen) atoms. The van der Waals surface area contributed by atoms with Crippen LogP contribution in [0.4, 0.5) is 0 Å². The van der Waals surface area contributed by atoms with E-state index < -0.39 is 11.9 Å². The van der Waals surface area contributed by atoms with Gasteiger partial charge in [0.1, 0.15) is 23.0 Å². The summed E-state index contributed by atoms with van der Waals surface area (Å²) in [5, 5.41) is 1.10. The number of carbonyl (C=O) groups excluding carboxylic acids is 2. The van der Waals surface area contributed by atoms with E-state index in [4.69, 9.17) is 42.1 Å². The molecule has 3 rings (SSSR count). The minimum atomic E-state index is -0.553. The number of esters is 2. The van der Waals surface area contributed by atoms with E-state index in [9.17, 15) is 9.59 Å². The average molecular weight is 447 g/mol. The quantitative estimate of drug-likeness (QED) is 0.359. The molecule has 0 amide bonds. The zero-order valence-electron chi connectivity index (χ0n) is 15.5. The average Bonchev–Trinajstić information content (AvgIpc) is 2.75. The van der Waals surface area contributed by atoms with E-state index in [1.807, 2.05) is 0 Å². The standard InChI is InChI=1S/C22H16Cl2O6/c23-15-1-5-19(6-2-15)29-21(25)13-27-17-9-11-18(12-10-17)28-14-22(26)30-20-7-3-16(24)4-8-20/h1-12H,13-14H2. The van der Waals surface area contributed by atoms with Crippen LogP contribution in [0.25, 0.3) is 0 Å². The molecule has 0 saturated carbocycles. The van der Waals surface area contributed by atoms with Crippen LogP contribution in [-0.4, -0.2) is 25.2 Å². The van der Waals surface area contributed by atoms with Crippen molar-refractivity contribution in [3.8, 4) is 23.0 Å². The molecule has 0 radical (unpaired) electrons. The molecule has 0 saturated heterocycles. The van der Waals surface area contributed by atoms with Crippen LogP contribution >= 0.6 is 23.2 Å². The first-order valence-electron chi connectivity index (χ1n) is 8.76. The first kappa shape index (κ1) is 21.5. The molecule has 8 heteroatoms. The summed E-state index contributed by atoms with van der Waals surface area (Å²) in [6, 6.07) is 19.3. The maximum atomic E-state index is 11.8. The maximum absolute atomic E-state index is 11.8. The monoisotopic (exact) mass is 446 g/mol. The Morgan fingerprint density at radius 1 is 0.533 bits per heavy atom. The van der Waals surface area contributed by atoms with Crippen molar-refractivity contribution < 1.29 is 28.5 Å². The molecule has 0 aliphatic rings. The molecule has 3 aromatic carbocycles. The molecular weight excluding hydrogens is 431 g/mol. The van der Waals surface area contributed by atoms with E-state index in [1.54, 1.807) is 72.8 Å². The Hall–Kier alpha value is -3.22. The number of ether oxygens (including phenoxy) is 4. The molecule has 0 N–H and O–H groups in total. The zero-order valence-corrected chi connectivity index (χ0v) is 17.1. The Bertz CT molecular complexity index is 903. The third kappa shape index (κ3) is 6.99. The van der Waals surface area contributed by atoms with Crippen LogP contribution in [0.5, 0.6) is 23.0 Å². The first-order chi connectivity index (χ1) is 14.5. The van der Waals surface area contributed by atoms with Gasteiger partial charge in [0.15, 0.2) is 13.2 Å². The minimum Gasteiger partial charge on any atom is -0.482 e. The lowest BCUT2D eigenvalue weighted by atomic mass is 10.3. The maximum Gasteiger partial charge on any atom is 0.349 e. The Morgan fingerprint density at radius 3 is 1.17 bits per heavy atom. The molecule has 0 aliphatic carbocycles. The number of hydrogen-bond donors (Lipinski definition) is 0. The Labute approximate surface area is 182 Å². The summed E-state index contributed by atoms with van der Waals surface area (Å²) in [7, 11) is 0. The summed E-state index contributed by atoms with van der Waals surface area (Å²) < 4.78 is 21.0. The number of halogens is 2.